The minimum Gasteiger partial charge on any atom is -0.484 e. The molecule has 0 aliphatic carbocycles. The van der Waals surface area contributed by atoms with Crippen LogP contribution >= 0.6 is 15.9 Å². The highest BCUT2D eigenvalue weighted by Gasteiger charge is 2.28. The van der Waals surface area contributed by atoms with Crippen LogP contribution in [0.2, 0.25) is 0 Å². The smallest absolute Gasteiger partial charge is 0.422 e. The van der Waals surface area contributed by atoms with Crippen LogP contribution in [0.1, 0.15) is 5.56 Å². The number of hydrogen-bond donors (Lipinski definition) is 1. The van der Waals surface area contributed by atoms with E-state index in [4.69, 9.17) is 0 Å². The van der Waals surface area contributed by atoms with Crippen LogP contribution < -0.4 is 10.1 Å². The van der Waals surface area contributed by atoms with Gasteiger partial charge in [-0.2, -0.15) is 13.2 Å². The molecule has 0 radical (unpaired) electrons. The van der Waals surface area contributed by atoms with Gasteiger partial charge >= 0.3 is 6.18 Å². The minimum absolute atomic E-state index is 0.193. The van der Waals surface area contributed by atoms with Crippen molar-refractivity contribution in [1.82, 2.24) is 0 Å². The van der Waals surface area contributed by atoms with E-state index in [1.165, 1.54) is 12.1 Å². The number of hydrogen-bond acceptors (Lipinski definition) is 2. The van der Waals surface area contributed by atoms with E-state index in [0.29, 0.717) is 6.54 Å². The van der Waals surface area contributed by atoms with Gasteiger partial charge in [0.1, 0.15) is 5.75 Å². The fourth-order valence-corrected chi connectivity index (χ4v) is 2.10. The first kappa shape index (κ1) is 15.7. The molecular weight excluding hydrogens is 347 g/mol. The lowest BCUT2D eigenvalue weighted by Crippen LogP contribution is -2.19. The van der Waals surface area contributed by atoms with E-state index < -0.39 is 12.8 Å². The number of benzene rings is 2. The molecular formula is C15H13BrF3NO. The number of alkyl halides is 3. The van der Waals surface area contributed by atoms with Gasteiger partial charge in [0.2, 0.25) is 0 Å². The van der Waals surface area contributed by atoms with Crippen LogP contribution in [0.25, 0.3) is 0 Å². The first-order valence-electron chi connectivity index (χ1n) is 6.21. The van der Waals surface area contributed by atoms with Crippen LogP contribution in [0.4, 0.5) is 18.9 Å². The van der Waals surface area contributed by atoms with Crippen molar-refractivity contribution >= 4 is 21.6 Å². The lowest BCUT2D eigenvalue weighted by Gasteiger charge is -2.11. The number of nitrogens with one attached hydrogen (secondary N) is 1. The molecule has 0 atom stereocenters. The lowest BCUT2D eigenvalue weighted by molar-refractivity contribution is -0.153. The molecule has 1 N–H and O–H groups in total. The Hall–Kier alpha value is -1.69. The van der Waals surface area contributed by atoms with Gasteiger partial charge in [0.05, 0.1) is 0 Å². The Morgan fingerprint density at radius 2 is 1.67 bits per heavy atom. The Balaban J connectivity index is 1.89. The molecule has 0 unspecified atom stereocenters. The Morgan fingerprint density at radius 1 is 1.00 bits per heavy atom. The Bertz CT molecular complexity index is 584. The van der Waals surface area contributed by atoms with Gasteiger partial charge in [-0.1, -0.05) is 34.1 Å². The van der Waals surface area contributed by atoms with Crippen LogP contribution in [0, 0.1) is 0 Å². The van der Waals surface area contributed by atoms with Crippen LogP contribution in [-0.4, -0.2) is 12.8 Å². The van der Waals surface area contributed by atoms with Crippen molar-refractivity contribution < 1.29 is 17.9 Å². The van der Waals surface area contributed by atoms with Crippen LogP contribution in [-0.2, 0) is 6.54 Å². The topological polar surface area (TPSA) is 21.3 Å². The van der Waals surface area contributed by atoms with E-state index in [0.717, 1.165) is 15.7 Å². The van der Waals surface area contributed by atoms with Crippen molar-refractivity contribution in [3.05, 3.63) is 58.6 Å². The van der Waals surface area contributed by atoms with Crippen molar-refractivity contribution in [3.63, 3.8) is 0 Å². The summed E-state index contributed by atoms with van der Waals surface area (Å²) >= 11 is 3.45. The molecule has 0 saturated carbocycles. The van der Waals surface area contributed by atoms with E-state index in [2.05, 4.69) is 26.0 Å². The van der Waals surface area contributed by atoms with Gasteiger partial charge in [-0.05, 0) is 35.9 Å². The Labute approximate surface area is 129 Å². The molecule has 2 aromatic rings. The summed E-state index contributed by atoms with van der Waals surface area (Å²) in [6.07, 6.45) is -4.32. The summed E-state index contributed by atoms with van der Waals surface area (Å²) in [5.41, 5.74) is 1.90. The highest BCUT2D eigenvalue weighted by molar-refractivity contribution is 9.10. The molecule has 112 valence electrons. The average Bonchev–Trinajstić information content (AvgIpc) is 2.45. The molecule has 0 heterocycles. The largest absolute Gasteiger partial charge is 0.484 e. The summed E-state index contributed by atoms with van der Waals surface area (Å²) in [6.45, 7) is -0.666. The Morgan fingerprint density at radius 3 is 2.29 bits per heavy atom. The lowest BCUT2D eigenvalue weighted by atomic mass is 10.2. The zero-order valence-corrected chi connectivity index (χ0v) is 12.5. The molecule has 6 heteroatoms. The molecule has 0 aliphatic heterocycles. The predicted octanol–water partition coefficient (Wildman–Crippen LogP) is 5.00. The van der Waals surface area contributed by atoms with Crippen LogP contribution in [0.5, 0.6) is 5.75 Å². The third kappa shape index (κ3) is 5.30. The fraction of sp³-hybridized carbons (Fsp3) is 0.200. The summed E-state index contributed by atoms with van der Waals surface area (Å²) in [5, 5.41) is 3.19. The molecule has 2 nitrogen and oxygen atoms in total. The summed E-state index contributed by atoms with van der Waals surface area (Å²) in [5.74, 6) is 0.193. The minimum atomic E-state index is -4.32. The second-order valence-corrected chi connectivity index (χ2v) is 5.23. The predicted molar refractivity (Wildman–Crippen MR) is 79.5 cm³/mol. The second kappa shape index (κ2) is 6.85. The molecule has 0 aliphatic rings. The third-order valence-corrected chi connectivity index (χ3v) is 3.47. The maximum absolute atomic E-state index is 12.0. The SMILES string of the molecule is FC(F)(F)COc1ccc(NCc2ccccc2Br)cc1. The first-order valence-corrected chi connectivity index (χ1v) is 7.00. The molecule has 21 heavy (non-hydrogen) atoms. The molecule has 0 aromatic heterocycles. The monoisotopic (exact) mass is 359 g/mol. The summed E-state index contributed by atoms with van der Waals surface area (Å²) in [7, 11) is 0. The summed E-state index contributed by atoms with van der Waals surface area (Å²) in [6, 6.07) is 14.2. The van der Waals surface area contributed by atoms with Crippen LogP contribution in [0.15, 0.2) is 53.0 Å². The normalized spacial score (nSPS) is 11.2. The van der Waals surface area contributed by atoms with Crippen LogP contribution in [0.3, 0.4) is 0 Å². The molecule has 2 rings (SSSR count). The molecule has 2 aromatic carbocycles. The maximum atomic E-state index is 12.0. The summed E-state index contributed by atoms with van der Waals surface area (Å²) < 4.78 is 41.7. The van der Waals surface area contributed by atoms with Gasteiger partial charge in [-0.3, -0.25) is 0 Å². The number of rotatable bonds is 5. The quantitative estimate of drug-likeness (QED) is 0.810. The van der Waals surface area contributed by atoms with Gasteiger partial charge in [0.25, 0.3) is 0 Å². The van der Waals surface area contributed by atoms with Gasteiger partial charge < -0.3 is 10.1 Å². The standard InChI is InChI=1S/C15H13BrF3NO/c16-14-4-2-1-3-11(14)9-20-12-5-7-13(8-6-12)21-10-15(17,18)19/h1-8,20H,9-10H2. The van der Waals surface area contributed by atoms with Gasteiger partial charge in [0.15, 0.2) is 6.61 Å². The number of halogens is 4. The van der Waals surface area contributed by atoms with Crippen molar-refractivity contribution in [1.29, 1.82) is 0 Å². The number of ether oxygens (including phenoxy) is 1. The third-order valence-electron chi connectivity index (χ3n) is 2.70. The average molecular weight is 360 g/mol. The maximum Gasteiger partial charge on any atom is 0.422 e. The van der Waals surface area contributed by atoms with E-state index in [1.807, 2.05) is 24.3 Å². The Kier molecular flexibility index (Phi) is 5.12. The first-order chi connectivity index (χ1) is 9.94. The zero-order chi connectivity index (χ0) is 15.3. The van der Waals surface area contributed by atoms with E-state index in [1.54, 1.807) is 12.1 Å². The van der Waals surface area contributed by atoms with Crippen molar-refractivity contribution in [2.45, 2.75) is 12.7 Å². The van der Waals surface area contributed by atoms with Crippen molar-refractivity contribution in [3.8, 4) is 5.75 Å². The van der Waals surface area contributed by atoms with Gasteiger partial charge in [-0.25, -0.2) is 0 Å². The van der Waals surface area contributed by atoms with E-state index >= 15 is 0 Å². The van der Waals surface area contributed by atoms with Crippen molar-refractivity contribution in [2.75, 3.05) is 11.9 Å². The molecule has 0 spiro atoms. The zero-order valence-electron chi connectivity index (χ0n) is 11.0. The molecule has 0 amide bonds. The second-order valence-electron chi connectivity index (χ2n) is 4.37. The molecule has 0 fully saturated rings. The summed E-state index contributed by atoms with van der Waals surface area (Å²) in [4.78, 5) is 0. The highest BCUT2D eigenvalue weighted by Crippen LogP contribution is 2.21. The van der Waals surface area contributed by atoms with Crippen molar-refractivity contribution in [2.24, 2.45) is 0 Å². The highest BCUT2D eigenvalue weighted by atomic mass is 79.9. The molecule has 0 bridgehead atoms. The van der Waals surface area contributed by atoms with Gasteiger partial charge in [-0.15, -0.1) is 0 Å². The van der Waals surface area contributed by atoms with E-state index in [-0.39, 0.29) is 5.75 Å². The fourth-order valence-electron chi connectivity index (χ4n) is 1.67. The van der Waals surface area contributed by atoms with E-state index in [9.17, 15) is 13.2 Å². The number of anilines is 1. The van der Waals surface area contributed by atoms with Gasteiger partial charge in [0, 0.05) is 16.7 Å². The molecule has 0 saturated heterocycles.